The van der Waals surface area contributed by atoms with E-state index in [-0.39, 0.29) is 11.5 Å². The van der Waals surface area contributed by atoms with Gasteiger partial charge >= 0.3 is 5.97 Å². The molecule has 0 bridgehead atoms. The zero-order valence-electron chi connectivity index (χ0n) is 9.69. The summed E-state index contributed by atoms with van der Waals surface area (Å²) in [6.07, 6.45) is 4.34. The van der Waals surface area contributed by atoms with Gasteiger partial charge < -0.3 is 9.63 Å². The maximum Gasteiger partial charge on any atom is 0.341 e. The molecule has 1 aromatic rings. The molecule has 1 aliphatic carbocycles. The molecule has 1 aliphatic rings. The predicted molar refractivity (Wildman–Crippen MR) is 58.6 cm³/mol. The van der Waals surface area contributed by atoms with E-state index in [1.165, 1.54) is 0 Å². The van der Waals surface area contributed by atoms with Crippen molar-refractivity contribution in [2.45, 2.75) is 45.4 Å². The molecule has 1 heterocycles. The highest BCUT2D eigenvalue weighted by Crippen LogP contribution is 2.36. The fourth-order valence-corrected chi connectivity index (χ4v) is 2.46. The smallest absolute Gasteiger partial charge is 0.341 e. The molecule has 0 spiro atoms. The van der Waals surface area contributed by atoms with Gasteiger partial charge in [0.05, 0.1) is 0 Å². The lowest BCUT2D eigenvalue weighted by molar-refractivity contribution is 0.0693. The molecule has 1 aromatic heterocycles. The predicted octanol–water partition coefficient (Wildman–Crippen LogP) is 2.97. The lowest BCUT2D eigenvalue weighted by Gasteiger charge is -2.24. The molecule has 4 heteroatoms. The Labute approximate surface area is 94.6 Å². The zero-order chi connectivity index (χ0) is 11.7. The number of hydrogen-bond donors (Lipinski definition) is 1. The summed E-state index contributed by atoms with van der Waals surface area (Å²) in [4.78, 5) is 11.1. The Morgan fingerprint density at radius 2 is 2.00 bits per heavy atom. The van der Waals surface area contributed by atoms with Crippen molar-refractivity contribution in [3.8, 4) is 0 Å². The van der Waals surface area contributed by atoms with Crippen LogP contribution in [-0.4, -0.2) is 16.2 Å². The Morgan fingerprint density at radius 1 is 1.38 bits per heavy atom. The third kappa shape index (κ3) is 1.96. The largest absolute Gasteiger partial charge is 0.477 e. The van der Waals surface area contributed by atoms with Crippen LogP contribution in [0.25, 0.3) is 0 Å². The Bertz CT molecular complexity index is 389. The summed E-state index contributed by atoms with van der Waals surface area (Å²) in [5.74, 6) is 0.505. The van der Waals surface area contributed by atoms with Crippen LogP contribution in [0, 0.1) is 12.8 Å². The standard InChI is InChI=1S/C12H17NO3/c1-7-3-5-9(6-4-7)11-10(12(14)15)8(2)16-13-11/h7,9H,3-6H2,1-2H3,(H,14,15). The fraction of sp³-hybridized carbons (Fsp3) is 0.667. The number of carboxylic acid groups (broad SMARTS) is 1. The number of aromatic nitrogens is 1. The van der Waals surface area contributed by atoms with Gasteiger partial charge in [0.2, 0.25) is 0 Å². The van der Waals surface area contributed by atoms with Gasteiger partial charge in [-0.1, -0.05) is 24.9 Å². The Kier molecular flexibility index (Phi) is 2.99. The van der Waals surface area contributed by atoms with E-state index < -0.39 is 5.97 Å². The van der Waals surface area contributed by atoms with E-state index in [0.29, 0.717) is 11.5 Å². The van der Waals surface area contributed by atoms with Gasteiger partial charge in [0.1, 0.15) is 17.0 Å². The van der Waals surface area contributed by atoms with Crippen LogP contribution in [0.1, 0.15) is 60.3 Å². The van der Waals surface area contributed by atoms with Crippen LogP contribution in [0.2, 0.25) is 0 Å². The van der Waals surface area contributed by atoms with Crippen LogP contribution in [0.4, 0.5) is 0 Å². The first-order valence-electron chi connectivity index (χ1n) is 5.79. The number of hydrogen-bond acceptors (Lipinski definition) is 3. The molecule has 0 aromatic carbocycles. The first-order chi connectivity index (χ1) is 7.59. The van der Waals surface area contributed by atoms with Crippen molar-refractivity contribution in [2.75, 3.05) is 0 Å². The monoisotopic (exact) mass is 223 g/mol. The minimum Gasteiger partial charge on any atom is -0.477 e. The van der Waals surface area contributed by atoms with E-state index in [2.05, 4.69) is 12.1 Å². The van der Waals surface area contributed by atoms with Crippen molar-refractivity contribution in [3.63, 3.8) is 0 Å². The molecule has 0 aliphatic heterocycles. The van der Waals surface area contributed by atoms with Gasteiger partial charge in [-0.2, -0.15) is 0 Å². The van der Waals surface area contributed by atoms with Crippen LogP contribution in [0.15, 0.2) is 4.52 Å². The normalized spacial score (nSPS) is 25.6. The van der Waals surface area contributed by atoms with E-state index in [1.54, 1.807) is 6.92 Å². The van der Waals surface area contributed by atoms with Crippen LogP contribution < -0.4 is 0 Å². The summed E-state index contributed by atoms with van der Waals surface area (Å²) in [5, 5.41) is 13.0. The van der Waals surface area contributed by atoms with E-state index in [0.717, 1.165) is 31.6 Å². The summed E-state index contributed by atoms with van der Waals surface area (Å²) >= 11 is 0. The number of nitrogens with zero attached hydrogens (tertiary/aromatic N) is 1. The SMILES string of the molecule is Cc1onc(C2CCC(C)CC2)c1C(=O)O. The molecule has 0 saturated heterocycles. The molecule has 0 radical (unpaired) electrons. The van der Waals surface area contributed by atoms with Gasteiger partial charge in [-0.05, 0) is 25.7 Å². The molecule has 0 atom stereocenters. The summed E-state index contributed by atoms with van der Waals surface area (Å²) in [6.45, 7) is 3.90. The summed E-state index contributed by atoms with van der Waals surface area (Å²) < 4.78 is 5.01. The summed E-state index contributed by atoms with van der Waals surface area (Å²) in [5.41, 5.74) is 0.927. The van der Waals surface area contributed by atoms with Gasteiger partial charge in [0.15, 0.2) is 0 Å². The molecule has 16 heavy (non-hydrogen) atoms. The topological polar surface area (TPSA) is 63.3 Å². The summed E-state index contributed by atoms with van der Waals surface area (Å²) in [6, 6.07) is 0. The fourth-order valence-electron chi connectivity index (χ4n) is 2.46. The first-order valence-corrected chi connectivity index (χ1v) is 5.79. The molecule has 1 saturated carbocycles. The highest BCUT2D eigenvalue weighted by Gasteiger charge is 2.28. The number of carboxylic acids is 1. The van der Waals surface area contributed by atoms with Crippen LogP contribution in [0.3, 0.4) is 0 Å². The van der Waals surface area contributed by atoms with Gasteiger partial charge in [0.25, 0.3) is 0 Å². The van der Waals surface area contributed by atoms with Crippen molar-refractivity contribution in [1.29, 1.82) is 0 Å². The minimum absolute atomic E-state index is 0.264. The van der Waals surface area contributed by atoms with Crippen LogP contribution >= 0.6 is 0 Å². The highest BCUT2D eigenvalue weighted by atomic mass is 16.5. The van der Waals surface area contributed by atoms with Crippen LogP contribution in [0.5, 0.6) is 0 Å². The average Bonchev–Trinajstić information content (AvgIpc) is 2.61. The second-order valence-corrected chi connectivity index (χ2v) is 4.76. The Balaban J connectivity index is 2.24. The highest BCUT2D eigenvalue weighted by molar-refractivity contribution is 5.90. The van der Waals surface area contributed by atoms with Crippen molar-refractivity contribution in [3.05, 3.63) is 17.0 Å². The summed E-state index contributed by atoms with van der Waals surface area (Å²) in [7, 11) is 0. The second-order valence-electron chi connectivity index (χ2n) is 4.76. The molecule has 0 unspecified atom stereocenters. The quantitative estimate of drug-likeness (QED) is 0.837. The molecular weight excluding hydrogens is 206 g/mol. The van der Waals surface area contributed by atoms with E-state index in [1.807, 2.05) is 0 Å². The van der Waals surface area contributed by atoms with Crippen molar-refractivity contribution < 1.29 is 14.4 Å². The second kappa shape index (κ2) is 4.28. The maximum absolute atomic E-state index is 11.1. The first kappa shape index (κ1) is 11.2. The molecule has 88 valence electrons. The molecule has 1 N–H and O–H groups in total. The minimum atomic E-state index is -0.924. The molecule has 1 fully saturated rings. The van der Waals surface area contributed by atoms with Crippen molar-refractivity contribution in [1.82, 2.24) is 5.16 Å². The third-order valence-electron chi connectivity index (χ3n) is 3.51. The molecule has 0 amide bonds. The Morgan fingerprint density at radius 3 is 2.56 bits per heavy atom. The van der Waals surface area contributed by atoms with E-state index in [4.69, 9.17) is 9.63 Å². The lowest BCUT2D eigenvalue weighted by Crippen LogP contribution is -2.14. The lowest BCUT2D eigenvalue weighted by atomic mass is 9.80. The molecule has 4 nitrogen and oxygen atoms in total. The van der Waals surface area contributed by atoms with Gasteiger partial charge in [-0.25, -0.2) is 4.79 Å². The van der Waals surface area contributed by atoms with Gasteiger partial charge in [0, 0.05) is 5.92 Å². The maximum atomic E-state index is 11.1. The number of aryl methyl sites for hydroxylation is 1. The van der Waals surface area contributed by atoms with Gasteiger partial charge in [-0.3, -0.25) is 0 Å². The third-order valence-corrected chi connectivity index (χ3v) is 3.51. The molecular formula is C12H17NO3. The van der Waals surface area contributed by atoms with Gasteiger partial charge in [-0.15, -0.1) is 0 Å². The van der Waals surface area contributed by atoms with Crippen molar-refractivity contribution >= 4 is 5.97 Å². The Hall–Kier alpha value is -1.32. The van der Waals surface area contributed by atoms with E-state index in [9.17, 15) is 4.79 Å². The average molecular weight is 223 g/mol. The zero-order valence-corrected chi connectivity index (χ0v) is 9.69. The van der Waals surface area contributed by atoms with Crippen molar-refractivity contribution in [2.24, 2.45) is 5.92 Å². The number of aromatic carboxylic acids is 1. The van der Waals surface area contributed by atoms with E-state index >= 15 is 0 Å². The van der Waals surface area contributed by atoms with Crippen LogP contribution in [-0.2, 0) is 0 Å². The number of carbonyl (C=O) groups is 1. The molecule has 2 rings (SSSR count). The number of rotatable bonds is 2.